The summed E-state index contributed by atoms with van der Waals surface area (Å²) in [5.74, 6) is 0.246. The average molecular weight is 774 g/mol. The standard InChI is InChI=1S/C44H43N3O6S2/c1-28-38(27-54-44-47-36-16-6-7-17-39(36)55-44)52-42(53-40(28)32-20-18-30(26-48)19-21-32)35-15-9-14-34(24-35)33-13-8-12-31(22-33)25-45-43(50)46-37(41(49)51-2)23-29-10-4-3-5-11-29/h3-22,24,28,37-38,40,42,48H,23,25-27H2,1-2H3,(H2,45,46,50)/t28-,37-,38+,40+,42+/m0/s1. The summed E-state index contributed by atoms with van der Waals surface area (Å²) in [5.41, 5.74) is 7.54. The van der Waals surface area contributed by atoms with Gasteiger partial charge in [0.05, 0.1) is 36.1 Å². The molecule has 9 nitrogen and oxygen atoms in total. The predicted molar refractivity (Wildman–Crippen MR) is 217 cm³/mol. The highest BCUT2D eigenvalue weighted by molar-refractivity contribution is 8.01. The second-order valence-electron chi connectivity index (χ2n) is 13.5. The topological polar surface area (TPSA) is 119 Å². The molecule has 0 saturated carbocycles. The van der Waals surface area contributed by atoms with Crippen LogP contribution in [0.3, 0.4) is 0 Å². The number of thioether (sulfide) groups is 1. The summed E-state index contributed by atoms with van der Waals surface area (Å²) < 4.78 is 20.6. The summed E-state index contributed by atoms with van der Waals surface area (Å²) >= 11 is 3.40. The number of esters is 1. The molecule has 1 fully saturated rings. The Morgan fingerprint density at radius 2 is 1.56 bits per heavy atom. The van der Waals surface area contributed by atoms with Gasteiger partial charge in [0.1, 0.15) is 6.04 Å². The third-order valence-electron chi connectivity index (χ3n) is 9.71. The number of nitrogens with one attached hydrogen (secondary N) is 2. The summed E-state index contributed by atoms with van der Waals surface area (Å²) in [6.45, 7) is 2.41. The van der Waals surface area contributed by atoms with E-state index in [9.17, 15) is 14.7 Å². The monoisotopic (exact) mass is 773 g/mol. The van der Waals surface area contributed by atoms with Gasteiger partial charge in [0.25, 0.3) is 0 Å². The first-order valence-electron chi connectivity index (χ1n) is 18.2. The number of para-hydroxylation sites is 1. The number of hydrogen-bond acceptors (Lipinski definition) is 9. The number of thiazole rings is 1. The number of ether oxygens (including phenoxy) is 3. The lowest BCUT2D eigenvalue weighted by Crippen LogP contribution is -2.47. The summed E-state index contributed by atoms with van der Waals surface area (Å²) in [6.07, 6.45) is -0.663. The Bertz CT molecular complexity index is 2180. The SMILES string of the molecule is COC(=O)[C@H](Cc1ccccc1)NC(=O)NCc1cccc(-c2cccc([C@@H]3O[C@H](CSc4nc5ccccc5s4)[C@H](C)[C@H](c4ccc(CO)cc4)O3)c2)c1. The van der Waals surface area contributed by atoms with Crippen LogP contribution in [0.15, 0.2) is 132 Å². The van der Waals surface area contributed by atoms with Gasteiger partial charge in [0, 0.05) is 30.2 Å². The maximum atomic E-state index is 12.9. The fraction of sp³-hybridized carbons (Fsp3) is 0.250. The van der Waals surface area contributed by atoms with Crippen molar-refractivity contribution in [3.05, 3.63) is 155 Å². The van der Waals surface area contributed by atoms with Crippen LogP contribution in [-0.4, -0.2) is 47.1 Å². The van der Waals surface area contributed by atoms with Gasteiger partial charge in [-0.2, -0.15) is 0 Å². The third kappa shape index (κ3) is 9.62. The Morgan fingerprint density at radius 3 is 2.33 bits per heavy atom. The van der Waals surface area contributed by atoms with Crippen LogP contribution in [0.4, 0.5) is 4.79 Å². The maximum Gasteiger partial charge on any atom is 0.328 e. The van der Waals surface area contributed by atoms with E-state index in [4.69, 9.17) is 19.2 Å². The van der Waals surface area contributed by atoms with E-state index in [1.165, 1.54) is 7.11 Å². The second kappa shape index (κ2) is 18.1. The molecule has 7 rings (SSSR count). The fourth-order valence-corrected chi connectivity index (χ4v) is 8.94. The molecule has 0 bridgehead atoms. The van der Waals surface area contributed by atoms with Crippen molar-refractivity contribution >= 4 is 45.3 Å². The predicted octanol–water partition coefficient (Wildman–Crippen LogP) is 8.62. The lowest BCUT2D eigenvalue weighted by Gasteiger charge is -2.41. The van der Waals surface area contributed by atoms with Crippen molar-refractivity contribution in [2.75, 3.05) is 12.9 Å². The van der Waals surface area contributed by atoms with E-state index >= 15 is 0 Å². The Hall–Kier alpha value is -5.04. The molecule has 2 amide bonds. The van der Waals surface area contributed by atoms with E-state index in [0.717, 1.165) is 53.5 Å². The highest BCUT2D eigenvalue weighted by Crippen LogP contribution is 2.44. The number of carbonyl (C=O) groups is 2. The first-order valence-corrected chi connectivity index (χ1v) is 20.0. The summed E-state index contributed by atoms with van der Waals surface area (Å²) in [4.78, 5) is 30.2. The average Bonchev–Trinajstić information content (AvgIpc) is 3.66. The van der Waals surface area contributed by atoms with Gasteiger partial charge < -0.3 is 30.0 Å². The Labute approximate surface area is 329 Å². The molecule has 1 saturated heterocycles. The number of nitrogens with zero attached hydrogens (tertiary/aromatic N) is 1. The molecular weight excluding hydrogens is 731 g/mol. The minimum atomic E-state index is -0.820. The van der Waals surface area contributed by atoms with Crippen LogP contribution < -0.4 is 10.6 Å². The summed E-state index contributed by atoms with van der Waals surface area (Å²) in [6, 6.07) is 40.5. The molecule has 6 aromatic rings. The van der Waals surface area contributed by atoms with Crippen molar-refractivity contribution in [3.63, 3.8) is 0 Å². The highest BCUT2D eigenvalue weighted by Gasteiger charge is 2.38. The first kappa shape index (κ1) is 38.2. The van der Waals surface area contributed by atoms with Gasteiger partial charge in [-0.15, -0.1) is 11.3 Å². The molecule has 0 radical (unpaired) electrons. The van der Waals surface area contributed by atoms with Crippen molar-refractivity contribution in [2.45, 2.75) is 55.4 Å². The number of carbonyl (C=O) groups excluding carboxylic acids is 2. The van der Waals surface area contributed by atoms with E-state index in [2.05, 4.69) is 29.7 Å². The van der Waals surface area contributed by atoms with E-state index in [1.807, 2.05) is 115 Å². The van der Waals surface area contributed by atoms with Crippen LogP contribution in [0.25, 0.3) is 21.3 Å². The number of hydrogen-bond donors (Lipinski definition) is 3. The van der Waals surface area contributed by atoms with Crippen LogP contribution >= 0.6 is 23.1 Å². The number of rotatable bonds is 13. The molecule has 282 valence electrons. The van der Waals surface area contributed by atoms with Gasteiger partial charge >= 0.3 is 12.0 Å². The Morgan fingerprint density at radius 1 is 0.836 bits per heavy atom. The lowest BCUT2D eigenvalue weighted by atomic mass is 9.91. The minimum Gasteiger partial charge on any atom is -0.467 e. The maximum absolute atomic E-state index is 12.9. The molecule has 11 heteroatoms. The molecule has 0 spiro atoms. The van der Waals surface area contributed by atoms with Crippen LogP contribution in [-0.2, 0) is 38.6 Å². The number of aliphatic hydroxyl groups excluding tert-OH is 1. The smallest absolute Gasteiger partial charge is 0.328 e. The number of amides is 2. The largest absolute Gasteiger partial charge is 0.467 e. The molecule has 2 heterocycles. The Kier molecular flexibility index (Phi) is 12.6. The molecule has 5 atom stereocenters. The van der Waals surface area contributed by atoms with Crippen LogP contribution in [0, 0.1) is 5.92 Å². The van der Waals surface area contributed by atoms with Crippen molar-refractivity contribution in [2.24, 2.45) is 5.92 Å². The summed E-state index contributed by atoms with van der Waals surface area (Å²) in [7, 11) is 1.31. The van der Waals surface area contributed by atoms with Gasteiger partial charge in [-0.1, -0.05) is 122 Å². The van der Waals surface area contributed by atoms with Crippen LogP contribution in [0.5, 0.6) is 0 Å². The van der Waals surface area contributed by atoms with Gasteiger partial charge in [-0.3, -0.25) is 0 Å². The molecule has 55 heavy (non-hydrogen) atoms. The third-order valence-corrected chi connectivity index (χ3v) is 12.0. The second-order valence-corrected chi connectivity index (χ2v) is 15.8. The zero-order valence-corrected chi connectivity index (χ0v) is 32.2. The van der Waals surface area contributed by atoms with Gasteiger partial charge in [-0.05, 0) is 57.6 Å². The number of benzene rings is 5. The lowest BCUT2D eigenvalue weighted by molar-refractivity contribution is -0.268. The van der Waals surface area contributed by atoms with Crippen molar-refractivity contribution in [1.29, 1.82) is 0 Å². The molecule has 5 aromatic carbocycles. The zero-order chi connectivity index (χ0) is 38.1. The van der Waals surface area contributed by atoms with E-state index in [-0.39, 0.29) is 31.3 Å². The van der Waals surface area contributed by atoms with Crippen molar-refractivity contribution in [1.82, 2.24) is 15.6 Å². The zero-order valence-electron chi connectivity index (χ0n) is 30.6. The van der Waals surface area contributed by atoms with Crippen LogP contribution in [0.2, 0.25) is 0 Å². The molecule has 1 aliphatic heterocycles. The van der Waals surface area contributed by atoms with Gasteiger partial charge in [-0.25, -0.2) is 14.6 Å². The molecule has 0 aliphatic carbocycles. The quantitative estimate of drug-likeness (QED) is 0.0789. The van der Waals surface area contributed by atoms with E-state index in [0.29, 0.717) is 12.2 Å². The normalized spacial score (nSPS) is 18.7. The molecule has 1 aliphatic rings. The van der Waals surface area contributed by atoms with Crippen LogP contribution in [0.1, 0.15) is 47.1 Å². The van der Waals surface area contributed by atoms with E-state index < -0.39 is 24.3 Å². The molecule has 3 N–H and O–H groups in total. The van der Waals surface area contributed by atoms with Crippen molar-refractivity contribution < 1.29 is 28.9 Å². The summed E-state index contributed by atoms with van der Waals surface area (Å²) in [5, 5.41) is 15.3. The number of aromatic nitrogens is 1. The van der Waals surface area contributed by atoms with Gasteiger partial charge in [0.2, 0.25) is 0 Å². The minimum absolute atomic E-state index is 0.0175. The van der Waals surface area contributed by atoms with Gasteiger partial charge in [0.15, 0.2) is 10.6 Å². The molecule has 1 aromatic heterocycles. The number of urea groups is 1. The molecule has 0 unspecified atom stereocenters. The Balaban J connectivity index is 1.06. The van der Waals surface area contributed by atoms with E-state index in [1.54, 1.807) is 23.1 Å². The highest BCUT2D eigenvalue weighted by atomic mass is 32.2. The number of aliphatic hydroxyl groups is 1. The number of methoxy groups -OCH3 is 1. The number of fused-ring (bicyclic) bond motifs is 1. The van der Waals surface area contributed by atoms with Crippen molar-refractivity contribution in [3.8, 4) is 11.1 Å². The molecular formula is C44H43N3O6S2. The first-order chi connectivity index (χ1) is 26.9. The fourth-order valence-electron chi connectivity index (χ4n) is 6.68.